The Bertz CT molecular complexity index is 941. The normalized spacial score (nSPS) is 10.9. The van der Waals surface area contributed by atoms with Gasteiger partial charge in [0.2, 0.25) is 0 Å². The van der Waals surface area contributed by atoms with E-state index >= 15 is 0 Å². The number of hydrazone groups is 1. The molecular formula is C17H13N3O5. The molecule has 0 aliphatic carbocycles. The Morgan fingerprint density at radius 3 is 2.84 bits per heavy atom. The van der Waals surface area contributed by atoms with Crippen LogP contribution < -0.4 is 5.43 Å². The lowest BCUT2D eigenvalue weighted by molar-refractivity contribution is -0.384. The zero-order chi connectivity index (χ0) is 17.8. The van der Waals surface area contributed by atoms with E-state index in [0.717, 1.165) is 5.56 Å². The molecule has 1 amide bonds. The number of rotatable bonds is 5. The van der Waals surface area contributed by atoms with E-state index in [-0.39, 0.29) is 11.4 Å². The van der Waals surface area contributed by atoms with Crippen molar-refractivity contribution >= 4 is 17.8 Å². The van der Waals surface area contributed by atoms with Gasteiger partial charge in [0.25, 0.3) is 5.69 Å². The molecule has 126 valence electrons. The lowest BCUT2D eigenvalue weighted by Gasteiger charge is -2.02. The number of carbonyl (C=O) groups is 1. The summed E-state index contributed by atoms with van der Waals surface area (Å²) in [6.07, 6.45) is 2.72. The van der Waals surface area contributed by atoms with Crippen LogP contribution in [0.15, 0.2) is 62.7 Å². The SMILES string of the molecule is Cc1ccc([N+](=O)[O-])cc1-c1ccc(/C=N\NC(=O)c2ccco2)o1. The van der Waals surface area contributed by atoms with Crippen LogP contribution in [0, 0.1) is 17.0 Å². The van der Waals surface area contributed by atoms with E-state index in [2.05, 4.69) is 10.5 Å². The number of nitrogens with one attached hydrogen (secondary N) is 1. The van der Waals surface area contributed by atoms with Crippen LogP contribution in [0.25, 0.3) is 11.3 Å². The van der Waals surface area contributed by atoms with Crippen molar-refractivity contribution < 1.29 is 18.6 Å². The first-order valence-corrected chi connectivity index (χ1v) is 7.27. The van der Waals surface area contributed by atoms with Crippen molar-refractivity contribution in [3.8, 4) is 11.3 Å². The van der Waals surface area contributed by atoms with Gasteiger partial charge in [0.05, 0.1) is 17.4 Å². The summed E-state index contributed by atoms with van der Waals surface area (Å²) in [6.45, 7) is 1.83. The Hall–Kier alpha value is -3.68. The highest BCUT2D eigenvalue weighted by Gasteiger charge is 2.13. The second-order valence-corrected chi connectivity index (χ2v) is 5.13. The number of carbonyl (C=O) groups excluding carboxylic acids is 1. The molecule has 1 aromatic carbocycles. The minimum Gasteiger partial charge on any atom is -0.459 e. The molecule has 3 rings (SSSR count). The lowest BCUT2D eigenvalue weighted by Crippen LogP contribution is -2.16. The van der Waals surface area contributed by atoms with E-state index in [0.29, 0.717) is 17.1 Å². The van der Waals surface area contributed by atoms with Crippen LogP contribution in [0.1, 0.15) is 21.9 Å². The molecule has 25 heavy (non-hydrogen) atoms. The number of nitro groups is 1. The fourth-order valence-corrected chi connectivity index (χ4v) is 2.17. The molecule has 0 aliphatic heterocycles. The highest BCUT2D eigenvalue weighted by atomic mass is 16.6. The number of nitrogens with zero attached hydrogens (tertiary/aromatic N) is 2. The number of furan rings is 2. The fraction of sp³-hybridized carbons (Fsp3) is 0.0588. The summed E-state index contributed by atoms with van der Waals surface area (Å²) in [6, 6.07) is 11.0. The van der Waals surface area contributed by atoms with Crippen molar-refractivity contribution in [2.45, 2.75) is 6.92 Å². The van der Waals surface area contributed by atoms with Crippen molar-refractivity contribution in [3.63, 3.8) is 0 Å². The average molecular weight is 339 g/mol. The standard InChI is InChI=1S/C17H13N3O5/c1-11-4-5-12(20(22)23)9-14(11)15-7-6-13(25-15)10-18-19-17(21)16-3-2-8-24-16/h2-10H,1H3,(H,19,21)/b18-10-. The predicted octanol–water partition coefficient (Wildman–Crippen LogP) is 3.52. The van der Waals surface area contributed by atoms with Gasteiger partial charge in [-0.1, -0.05) is 6.07 Å². The molecule has 2 heterocycles. The highest BCUT2D eigenvalue weighted by molar-refractivity contribution is 5.92. The highest BCUT2D eigenvalue weighted by Crippen LogP contribution is 2.28. The first-order chi connectivity index (χ1) is 12.0. The summed E-state index contributed by atoms with van der Waals surface area (Å²) in [4.78, 5) is 22.1. The molecule has 0 bridgehead atoms. The van der Waals surface area contributed by atoms with Crippen molar-refractivity contribution in [2.75, 3.05) is 0 Å². The Kier molecular flexibility index (Phi) is 4.42. The van der Waals surface area contributed by atoms with E-state index in [1.807, 2.05) is 6.92 Å². The third-order valence-corrected chi connectivity index (χ3v) is 3.43. The zero-order valence-electron chi connectivity index (χ0n) is 13.1. The minimum atomic E-state index is -0.484. The number of nitro benzene ring substituents is 1. The van der Waals surface area contributed by atoms with E-state index in [4.69, 9.17) is 8.83 Å². The predicted molar refractivity (Wildman–Crippen MR) is 89.3 cm³/mol. The van der Waals surface area contributed by atoms with Crippen LogP contribution >= 0.6 is 0 Å². The zero-order valence-corrected chi connectivity index (χ0v) is 13.1. The number of benzene rings is 1. The molecule has 2 aromatic heterocycles. The van der Waals surface area contributed by atoms with Gasteiger partial charge in [-0.25, -0.2) is 5.43 Å². The third-order valence-electron chi connectivity index (χ3n) is 3.43. The lowest BCUT2D eigenvalue weighted by atomic mass is 10.1. The average Bonchev–Trinajstić information content (AvgIpc) is 3.27. The van der Waals surface area contributed by atoms with Crippen LogP contribution in [-0.4, -0.2) is 17.0 Å². The molecule has 0 radical (unpaired) electrons. The summed E-state index contributed by atoms with van der Waals surface area (Å²) >= 11 is 0. The number of amides is 1. The first-order valence-electron chi connectivity index (χ1n) is 7.27. The van der Waals surface area contributed by atoms with Gasteiger partial charge in [-0.05, 0) is 36.8 Å². The van der Waals surface area contributed by atoms with Crippen LogP contribution in [0.2, 0.25) is 0 Å². The smallest absolute Gasteiger partial charge is 0.307 e. The van der Waals surface area contributed by atoms with Gasteiger partial charge in [0.15, 0.2) is 5.76 Å². The molecule has 3 aromatic rings. The topological polar surface area (TPSA) is 111 Å². The molecule has 8 nitrogen and oxygen atoms in total. The number of hydrogen-bond donors (Lipinski definition) is 1. The van der Waals surface area contributed by atoms with Gasteiger partial charge in [-0.15, -0.1) is 0 Å². The van der Waals surface area contributed by atoms with E-state index in [1.54, 1.807) is 24.3 Å². The first kappa shape index (κ1) is 16.2. The van der Waals surface area contributed by atoms with Crippen LogP contribution in [-0.2, 0) is 0 Å². The van der Waals surface area contributed by atoms with Crippen molar-refractivity contribution in [1.29, 1.82) is 0 Å². The van der Waals surface area contributed by atoms with Gasteiger partial charge in [-0.3, -0.25) is 14.9 Å². The maximum atomic E-state index is 11.7. The molecule has 0 spiro atoms. The molecule has 0 atom stereocenters. The summed E-state index contributed by atoms with van der Waals surface area (Å²) in [5, 5.41) is 14.7. The van der Waals surface area contributed by atoms with Crippen LogP contribution in [0.5, 0.6) is 0 Å². The molecule has 0 unspecified atom stereocenters. The van der Waals surface area contributed by atoms with E-state index in [1.165, 1.54) is 30.7 Å². The van der Waals surface area contributed by atoms with Gasteiger partial charge in [0.1, 0.15) is 11.5 Å². The van der Waals surface area contributed by atoms with Gasteiger partial charge >= 0.3 is 5.91 Å². The Morgan fingerprint density at radius 1 is 1.28 bits per heavy atom. The van der Waals surface area contributed by atoms with Gasteiger partial charge in [0, 0.05) is 17.7 Å². The summed E-state index contributed by atoms with van der Waals surface area (Å²) in [5.74, 6) is 0.521. The van der Waals surface area contributed by atoms with Crippen molar-refractivity contribution in [1.82, 2.24) is 5.43 Å². The van der Waals surface area contributed by atoms with Crippen molar-refractivity contribution in [3.05, 3.63) is 75.9 Å². The maximum Gasteiger partial charge on any atom is 0.307 e. The fourth-order valence-electron chi connectivity index (χ4n) is 2.17. The largest absolute Gasteiger partial charge is 0.459 e. The second-order valence-electron chi connectivity index (χ2n) is 5.13. The number of non-ortho nitro benzene ring substituents is 1. The quantitative estimate of drug-likeness (QED) is 0.434. The van der Waals surface area contributed by atoms with Crippen LogP contribution in [0.3, 0.4) is 0 Å². The molecule has 0 aliphatic rings. The van der Waals surface area contributed by atoms with Gasteiger partial charge in [-0.2, -0.15) is 5.10 Å². The summed E-state index contributed by atoms with van der Waals surface area (Å²) < 4.78 is 10.6. The molecule has 0 saturated carbocycles. The molecule has 8 heteroatoms. The number of hydrogen-bond acceptors (Lipinski definition) is 6. The number of aryl methyl sites for hydroxylation is 1. The van der Waals surface area contributed by atoms with Gasteiger partial charge < -0.3 is 8.83 Å². The second kappa shape index (κ2) is 6.83. The summed E-state index contributed by atoms with van der Waals surface area (Å²) in [7, 11) is 0. The maximum absolute atomic E-state index is 11.7. The van der Waals surface area contributed by atoms with E-state index < -0.39 is 10.8 Å². The minimum absolute atomic E-state index is 0.0158. The van der Waals surface area contributed by atoms with Crippen molar-refractivity contribution in [2.24, 2.45) is 5.10 Å². The van der Waals surface area contributed by atoms with Crippen LogP contribution in [0.4, 0.5) is 5.69 Å². The van der Waals surface area contributed by atoms with E-state index in [9.17, 15) is 14.9 Å². The Labute approximate surface area is 141 Å². The molecule has 0 saturated heterocycles. The Balaban J connectivity index is 1.74. The molecule has 1 N–H and O–H groups in total. The Morgan fingerprint density at radius 2 is 2.12 bits per heavy atom. The summed E-state index contributed by atoms with van der Waals surface area (Å²) in [5.41, 5.74) is 3.75. The monoisotopic (exact) mass is 339 g/mol. The molecular weight excluding hydrogens is 326 g/mol. The third kappa shape index (κ3) is 3.63. The molecule has 0 fully saturated rings.